The Kier molecular flexibility index (Phi) is 6.30. The first-order valence-corrected chi connectivity index (χ1v) is 9.14. The molecule has 0 atom stereocenters. The molecule has 2 aromatic rings. The largest absolute Gasteiger partial charge is 0.354 e. The summed E-state index contributed by atoms with van der Waals surface area (Å²) < 4.78 is 0. The molecule has 1 saturated heterocycles. The van der Waals surface area contributed by atoms with Crippen molar-refractivity contribution < 1.29 is 4.79 Å². The van der Waals surface area contributed by atoms with E-state index in [4.69, 9.17) is 0 Å². The predicted molar refractivity (Wildman–Crippen MR) is 106 cm³/mol. The van der Waals surface area contributed by atoms with Crippen molar-refractivity contribution >= 4 is 24.1 Å². The van der Waals surface area contributed by atoms with Gasteiger partial charge in [0.2, 0.25) is 0 Å². The van der Waals surface area contributed by atoms with Crippen LogP contribution in [0.15, 0.2) is 18.3 Å². The Morgan fingerprint density at radius 1 is 1.30 bits per heavy atom. The fourth-order valence-corrected chi connectivity index (χ4v) is 3.46. The second kappa shape index (κ2) is 8.69. The van der Waals surface area contributed by atoms with Crippen LogP contribution in [-0.4, -0.2) is 65.8 Å². The van der Waals surface area contributed by atoms with Crippen LogP contribution in [0.2, 0.25) is 0 Å². The highest BCUT2D eigenvalue weighted by Gasteiger charge is 2.21. The fraction of sp³-hybridized carbons (Fsp3) is 0.500. The van der Waals surface area contributed by atoms with Crippen LogP contribution in [0.1, 0.15) is 27.3 Å². The Morgan fingerprint density at radius 3 is 2.93 bits per heavy atom. The number of nitrogens with zero attached hydrogens (tertiary/aromatic N) is 4. The Bertz CT molecular complexity index is 786. The van der Waals surface area contributed by atoms with Crippen molar-refractivity contribution in [3.63, 3.8) is 0 Å². The molecule has 146 valence electrons. The number of piperazine rings is 1. The summed E-state index contributed by atoms with van der Waals surface area (Å²) in [6, 6.07) is 4.01. The maximum atomic E-state index is 12.5. The van der Waals surface area contributed by atoms with Gasteiger partial charge in [0, 0.05) is 69.7 Å². The lowest BCUT2D eigenvalue weighted by Gasteiger charge is -2.33. The lowest BCUT2D eigenvalue weighted by atomic mass is 10.1. The molecule has 4 rings (SSSR count). The van der Waals surface area contributed by atoms with Crippen LogP contribution in [0, 0.1) is 0 Å². The molecule has 0 aliphatic carbocycles. The molecule has 3 N–H and O–H groups in total. The summed E-state index contributed by atoms with van der Waals surface area (Å²) in [7, 11) is 2.14. The summed E-state index contributed by atoms with van der Waals surface area (Å²) in [4.78, 5) is 21.6. The summed E-state index contributed by atoms with van der Waals surface area (Å²) in [5, 5.41) is 13.5. The summed E-state index contributed by atoms with van der Waals surface area (Å²) in [5.41, 5.74) is 3.60. The van der Waals surface area contributed by atoms with Crippen LogP contribution in [0.25, 0.3) is 0 Å². The molecular formula is C18H26ClN7O. The number of carbonyl (C=O) groups excluding carboxylic acids is 1. The number of hydrogen-bond acceptors (Lipinski definition) is 6. The van der Waals surface area contributed by atoms with E-state index >= 15 is 0 Å². The minimum Gasteiger partial charge on any atom is -0.354 e. The number of anilines is 1. The van der Waals surface area contributed by atoms with Gasteiger partial charge in [0.15, 0.2) is 5.69 Å². The topological polar surface area (TPSA) is 89.2 Å². The Labute approximate surface area is 165 Å². The number of hydrogen-bond donors (Lipinski definition) is 3. The molecule has 0 saturated carbocycles. The summed E-state index contributed by atoms with van der Waals surface area (Å²) in [6.07, 6.45) is 2.70. The van der Waals surface area contributed by atoms with Crippen LogP contribution in [-0.2, 0) is 19.5 Å². The number of likely N-dealkylation sites (N-methyl/N-ethyl adjacent to an activating group) is 1. The average Bonchev–Trinajstić information content (AvgIpc) is 3.11. The minimum absolute atomic E-state index is 0. The van der Waals surface area contributed by atoms with Gasteiger partial charge in [-0.25, -0.2) is 4.98 Å². The molecule has 2 aliphatic rings. The molecule has 0 radical (unpaired) electrons. The number of aromatic nitrogens is 3. The molecule has 4 heterocycles. The predicted octanol–water partition coefficient (Wildman–Crippen LogP) is 0.554. The highest BCUT2D eigenvalue weighted by Crippen LogP contribution is 2.17. The molecule has 0 aromatic carbocycles. The highest BCUT2D eigenvalue weighted by atomic mass is 35.5. The van der Waals surface area contributed by atoms with E-state index in [1.54, 1.807) is 0 Å². The first kappa shape index (κ1) is 19.6. The highest BCUT2D eigenvalue weighted by molar-refractivity contribution is 5.94. The van der Waals surface area contributed by atoms with Gasteiger partial charge in [0.25, 0.3) is 5.91 Å². The molecule has 0 spiro atoms. The summed E-state index contributed by atoms with van der Waals surface area (Å²) >= 11 is 0. The van der Waals surface area contributed by atoms with Gasteiger partial charge < -0.3 is 20.4 Å². The van der Waals surface area contributed by atoms with Gasteiger partial charge >= 0.3 is 0 Å². The third kappa shape index (κ3) is 4.40. The molecule has 0 unspecified atom stereocenters. The second-order valence-corrected chi connectivity index (χ2v) is 6.95. The molecule has 1 amide bonds. The quantitative estimate of drug-likeness (QED) is 0.705. The van der Waals surface area contributed by atoms with Crippen molar-refractivity contribution in [2.24, 2.45) is 0 Å². The first-order valence-electron chi connectivity index (χ1n) is 9.14. The third-order valence-electron chi connectivity index (χ3n) is 5.11. The average molecular weight is 392 g/mol. The van der Waals surface area contributed by atoms with Crippen molar-refractivity contribution in [3.05, 3.63) is 40.8 Å². The monoisotopic (exact) mass is 391 g/mol. The fourth-order valence-electron chi connectivity index (χ4n) is 3.46. The third-order valence-corrected chi connectivity index (χ3v) is 5.11. The normalized spacial score (nSPS) is 17.1. The van der Waals surface area contributed by atoms with Gasteiger partial charge in [0.05, 0.1) is 0 Å². The molecule has 8 nitrogen and oxygen atoms in total. The van der Waals surface area contributed by atoms with Gasteiger partial charge in [-0.3, -0.25) is 9.89 Å². The second-order valence-electron chi connectivity index (χ2n) is 6.95. The van der Waals surface area contributed by atoms with E-state index in [9.17, 15) is 4.79 Å². The van der Waals surface area contributed by atoms with E-state index in [0.717, 1.165) is 61.8 Å². The number of H-pyrrole nitrogens is 1. The molecular weight excluding hydrogens is 366 g/mol. The Hall–Kier alpha value is -2.16. The smallest absolute Gasteiger partial charge is 0.272 e. The van der Waals surface area contributed by atoms with E-state index in [1.165, 1.54) is 0 Å². The maximum Gasteiger partial charge on any atom is 0.272 e. The van der Waals surface area contributed by atoms with Gasteiger partial charge in [-0.2, -0.15) is 5.10 Å². The molecule has 27 heavy (non-hydrogen) atoms. The molecule has 2 aliphatic heterocycles. The van der Waals surface area contributed by atoms with Crippen molar-refractivity contribution in [1.29, 1.82) is 0 Å². The lowest BCUT2D eigenvalue weighted by Crippen LogP contribution is -2.44. The van der Waals surface area contributed by atoms with E-state index in [1.807, 2.05) is 12.3 Å². The van der Waals surface area contributed by atoms with Crippen LogP contribution in [0.4, 0.5) is 5.82 Å². The van der Waals surface area contributed by atoms with Crippen LogP contribution < -0.4 is 15.5 Å². The standard InChI is InChI=1S/C18H25N7O.ClH/c1-24-6-8-25(9-7-24)16-10-13(2-5-20-16)11-21-18(26)17-14-12-19-4-3-15(14)22-23-17;/h2,5,10,19H,3-4,6-9,11-12H2,1H3,(H,21,26)(H,22,23);1H. The summed E-state index contributed by atoms with van der Waals surface area (Å²) in [5.74, 6) is 0.843. The van der Waals surface area contributed by atoms with Crippen LogP contribution in [0.3, 0.4) is 0 Å². The number of pyridine rings is 1. The number of nitrogens with one attached hydrogen (secondary N) is 3. The lowest BCUT2D eigenvalue weighted by molar-refractivity contribution is 0.0944. The van der Waals surface area contributed by atoms with Crippen molar-refractivity contribution in [3.8, 4) is 0 Å². The maximum absolute atomic E-state index is 12.5. The SMILES string of the molecule is CN1CCN(c2cc(CNC(=O)c3n[nH]c4c3CNCC4)ccn2)CC1.Cl. The zero-order chi connectivity index (χ0) is 17.9. The number of amides is 1. The minimum atomic E-state index is -0.135. The molecule has 0 bridgehead atoms. The van der Waals surface area contributed by atoms with E-state index < -0.39 is 0 Å². The van der Waals surface area contributed by atoms with Gasteiger partial charge in [0.1, 0.15) is 5.82 Å². The van der Waals surface area contributed by atoms with Crippen molar-refractivity contribution in [2.75, 3.05) is 44.7 Å². The van der Waals surface area contributed by atoms with Gasteiger partial charge in [-0.1, -0.05) is 0 Å². The van der Waals surface area contributed by atoms with E-state index in [2.05, 4.69) is 48.7 Å². The first-order chi connectivity index (χ1) is 12.7. The van der Waals surface area contributed by atoms with E-state index in [-0.39, 0.29) is 18.3 Å². The van der Waals surface area contributed by atoms with Gasteiger partial charge in [-0.05, 0) is 24.7 Å². The number of fused-ring (bicyclic) bond motifs is 1. The number of halogens is 1. The summed E-state index contributed by atoms with van der Waals surface area (Å²) in [6.45, 7) is 6.12. The van der Waals surface area contributed by atoms with Crippen LogP contribution >= 0.6 is 12.4 Å². The number of rotatable bonds is 4. The zero-order valence-electron chi connectivity index (χ0n) is 15.5. The number of carbonyl (C=O) groups is 1. The van der Waals surface area contributed by atoms with E-state index in [0.29, 0.717) is 18.8 Å². The van der Waals surface area contributed by atoms with Gasteiger partial charge in [-0.15, -0.1) is 12.4 Å². The zero-order valence-corrected chi connectivity index (χ0v) is 16.3. The van der Waals surface area contributed by atoms with Crippen molar-refractivity contribution in [2.45, 2.75) is 19.5 Å². The van der Waals surface area contributed by atoms with Crippen LogP contribution in [0.5, 0.6) is 0 Å². The Balaban J connectivity index is 0.00000210. The number of aromatic amines is 1. The Morgan fingerprint density at radius 2 is 2.11 bits per heavy atom. The molecule has 2 aromatic heterocycles. The molecule has 1 fully saturated rings. The van der Waals surface area contributed by atoms with Crippen molar-refractivity contribution in [1.82, 2.24) is 30.7 Å². The molecule has 9 heteroatoms.